The lowest BCUT2D eigenvalue weighted by molar-refractivity contribution is -0.119. The Kier molecular flexibility index (Phi) is 7.28. The normalized spacial score (nSPS) is 11.8. The van der Waals surface area contributed by atoms with E-state index < -0.39 is 0 Å². The summed E-state index contributed by atoms with van der Waals surface area (Å²) in [6.45, 7) is 1.96. The van der Waals surface area contributed by atoms with Crippen molar-refractivity contribution in [2.75, 3.05) is 12.9 Å². The van der Waals surface area contributed by atoms with Crippen molar-refractivity contribution >= 4 is 40.9 Å². The van der Waals surface area contributed by atoms with Gasteiger partial charge < -0.3 is 10.1 Å². The average molecular weight is 384 g/mol. The van der Waals surface area contributed by atoms with Crippen LogP contribution in [0.4, 0.5) is 0 Å². The summed E-state index contributed by atoms with van der Waals surface area (Å²) in [5.41, 5.74) is 2.01. The van der Waals surface area contributed by atoms with Crippen molar-refractivity contribution in [2.45, 2.75) is 18.7 Å². The smallest absolute Gasteiger partial charge is 0.230 e. The topological polar surface area (TPSA) is 38.3 Å². The minimum Gasteiger partial charge on any atom is -0.497 e. The SMILES string of the molecule is COc1ccc([C@H](C)NC(=O)CSCc2ccc(Cl)cc2Cl)cc1. The fraction of sp³-hybridized carbons (Fsp3) is 0.278. The predicted octanol–water partition coefficient (Wildman–Crippen LogP) is 5.11. The maximum absolute atomic E-state index is 12.1. The van der Waals surface area contributed by atoms with Crippen LogP contribution in [0.15, 0.2) is 42.5 Å². The second kappa shape index (κ2) is 9.21. The molecule has 3 nitrogen and oxygen atoms in total. The number of ether oxygens (including phenoxy) is 1. The van der Waals surface area contributed by atoms with Crippen LogP contribution in [0.1, 0.15) is 24.1 Å². The Hall–Kier alpha value is -1.36. The van der Waals surface area contributed by atoms with Gasteiger partial charge in [-0.2, -0.15) is 0 Å². The molecular weight excluding hydrogens is 365 g/mol. The van der Waals surface area contributed by atoms with E-state index in [1.54, 1.807) is 19.2 Å². The molecule has 2 aromatic carbocycles. The van der Waals surface area contributed by atoms with E-state index in [9.17, 15) is 4.79 Å². The fourth-order valence-electron chi connectivity index (χ4n) is 2.15. The van der Waals surface area contributed by atoms with Gasteiger partial charge in [0.2, 0.25) is 5.91 Å². The van der Waals surface area contributed by atoms with Crippen molar-refractivity contribution in [3.05, 3.63) is 63.6 Å². The molecule has 0 fully saturated rings. The van der Waals surface area contributed by atoms with Gasteiger partial charge in [0.1, 0.15) is 5.75 Å². The number of methoxy groups -OCH3 is 1. The first-order valence-electron chi connectivity index (χ1n) is 7.44. The first-order chi connectivity index (χ1) is 11.5. The maximum Gasteiger partial charge on any atom is 0.230 e. The van der Waals surface area contributed by atoms with Gasteiger partial charge in [0.15, 0.2) is 0 Å². The Labute approximate surface area is 156 Å². The van der Waals surface area contributed by atoms with Crippen LogP contribution >= 0.6 is 35.0 Å². The molecule has 128 valence electrons. The molecule has 0 radical (unpaired) electrons. The summed E-state index contributed by atoms with van der Waals surface area (Å²) in [5.74, 6) is 1.83. The van der Waals surface area contributed by atoms with Crippen LogP contribution in [0.5, 0.6) is 5.75 Å². The Morgan fingerprint density at radius 3 is 2.54 bits per heavy atom. The third-order valence-corrected chi connectivity index (χ3v) is 5.07. The number of hydrogen-bond acceptors (Lipinski definition) is 3. The van der Waals surface area contributed by atoms with Gasteiger partial charge in [-0.05, 0) is 42.3 Å². The van der Waals surface area contributed by atoms with Crippen molar-refractivity contribution in [1.82, 2.24) is 5.32 Å². The highest BCUT2D eigenvalue weighted by molar-refractivity contribution is 7.99. The number of rotatable bonds is 7. The molecule has 0 bridgehead atoms. The summed E-state index contributed by atoms with van der Waals surface area (Å²) in [6, 6.07) is 13.0. The molecule has 1 amide bonds. The van der Waals surface area contributed by atoms with E-state index in [1.807, 2.05) is 37.3 Å². The molecular formula is C18H19Cl2NO2S. The Balaban J connectivity index is 1.79. The molecule has 2 aromatic rings. The average Bonchev–Trinajstić information content (AvgIpc) is 2.57. The molecule has 0 spiro atoms. The molecule has 0 aliphatic rings. The third-order valence-electron chi connectivity index (χ3n) is 3.50. The van der Waals surface area contributed by atoms with E-state index in [-0.39, 0.29) is 11.9 Å². The molecule has 0 saturated carbocycles. The van der Waals surface area contributed by atoms with Crippen LogP contribution in [-0.4, -0.2) is 18.8 Å². The summed E-state index contributed by atoms with van der Waals surface area (Å²) in [6.07, 6.45) is 0. The van der Waals surface area contributed by atoms with Gasteiger partial charge in [-0.3, -0.25) is 4.79 Å². The second-order valence-electron chi connectivity index (χ2n) is 5.29. The Morgan fingerprint density at radius 2 is 1.92 bits per heavy atom. The van der Waals surface area contributed by atoms with Crippen LogP contribution in [0, 0.1) is 0 Å². The standard InChI is InChI=1S/C18H19Cl2NO2S/c1-12(13-4-7-16(23-2)8-5-13)21-18(22)11-24-10-14-3-6-15(19)9-17(14)20/h3-9,12H,10-11H2,1-2H3,(H,21,22)/t12-/m0/s1. The van der Waals surface area contributed by atoms with E-state index in [1.165, 1.54) is 11.8 Å². The van der Waals surface area contributed by atoms with Gasteiger partial charge >= 0.3 is 0 Å². The molecule has 0 aromatic heterocycles. The van der Waals surface area contributed by atoms with E-state index in [0.717, 1.165) is 16.9 Å². The molecule has 0 aliphatic carbocycles. The van der Waals surface area contributed by atoms with Crippen LogP contribution in [0.3, 0.4) is 0 Å². The minimum absolute atomic E-state index is 0.00611. The van der Waals surface area contributed by atoms with Gasteiger partial charge in [-0.15, -0.1) is 11.8 Å². The summed E-state index contributed by atoms with van der Waals surface area (Å²) in [5, 5.41) is 4.23. The van der Waals surface area contributed by atoms with Gasteiger partial charge in [0.05, 0.1) is 18.9 Å². The molecule has 1 N–H and O–H groups in total. The lowest BCUT2D eigenvalue weighted by Gasteiger charge is -2.14. The van der Waals surface area contributed by atoms with Crippen LogP contribution in [0.25, 0.3) is 0 Å². The highest BCUT2D eigenvalue weighted by Gasteiger charge is 2.10. The molecule has 0 unspecified atom stereocenters. The molecule has 0 aliphatic heterocycles. The first kappa shape index (κ1) is 19.0. The zero-order chi connectivity index (χ0) is 17.5. The number of benzene rings is 2. The van der Waals surface area contributed by atoms with E-state index in [0.29, 0.717) is 21.6 Å². The van der Waals surface area contributed by atoms with Gasteiger partial charge in [0, 0.05) is 15.8 Å². The number of carbonyl (C=O) groups is 1. The van der Waals surface area contributed by atoms with E-state index >= 15 is 0 Å². The summed E-state index contributed by atoms with van der Waals surface area (Å²) >= 11 is 13.5. The molecule has 6 heteroatoms. The van der Waals surface area contributed by atoms with Crippen LogP contribution in [-0.2, 0) is 10.5 Å². The molecule has 1 atom stereocenters. The molecule has 24 heavy (non-hydrogen) atoms. The van der Waals surface area contributed by atoms with Crippen molar-refractivity contribution < 1.29 is 9.53 Å². The molecule has 0 saturated heterocycles. The molecule has 2 rings (SSSR count). The Bertz CT molecular complexity index is 692. The largest absolute Gasteiger partial charge is 0.497 e. The number of hydrogen-bond donors (Lipinski definition) is 1. The number of thioether (sulfide) groups is 1. The lowest BCUT2D eigenvalue weighted by atomic mass is 10.1. The number of amides is 1. The van der Waals surface area contributed by atoms with Crippen molar-refractivity contribution in [2.24, 2.45) is 0 Å². The maximum atomic E-state index is 12.1. The van der Waals surface area contributed by atoms with Crippen LogP contribution < -0.4 is 10.1 Å². The van der Waals surface area contributed by atoms with Crippen LogP contribution in [0.2, 0.25) is 10.0 Å². The lowest BCUT2D eigenvalue weighted by Crippen LogP contribution is -2.28. The van der Waals surface area contributed by atoms with Gasteiger partial charge in [-0.25, -0.2) is 0 Å². The third kappa shape index (κ3) is 5.62. The molecule has 0 heterocycles. The highest BCUT2D eigenvalue weighted by Crippen LogP contribution is 2.24. The van der Waals surface area contributed by atoms with Gasteiger partial charge in [-0.1, -0.05) is 41.4 Å². The summed E-state index contributed by atoms with van der Waals surface area (Å²) in [7, 11) is 1.63. The second-order valence-corrected chi connectivity index (χ2v) is 7.12. The van der Waals surface area contributed by atoms with Crippen molar-refractivity contribution in [3.63, 3.8) is 0 Å². The minimum atomic E-state index is -0.0527. The van der Waals surface area contributed by atoms with Crippen molar-refractivity contribution in [1.29, 1.82) is 0 Å². The summed E-state index contributed by atoms with van der Waals surface area (Å²) < 4.78 is 5.13. The monoisotopic (exact) mass is 383 g/mol. The Morgan fingerprint density at radius 1 is 1.21 bits per heavy atom. The fourth-order valence-corrected chi connectivity index (χ4v) is 3.55. The first-order valence-corrected chi connectivity index (χ1v) is 9.35. The predicted molar refractivity (Wildman–Crippen MR) is 102 cm³/mol. The van der Waals surface area contributed by atoms with E-state index in [4.69, 9.17) is 27.9 Å². The van der Waals surface area contributed by atoms with E-state index in [2.05, 4.69) is 5.32 Å². The zero-order valence-electron chi connectivity index (χ0n) is 13.5. The number of halogens is 2. The highest BCUT2D eigenvalue weighted by atomic mass is 35.5. The summed E-state index contributed by atoms with van der Waals surface area (Å²) in [4.78, 5) is 12.1. The van der Waals surface area contributed by atoms with Crippen molar-refractivity contribution in [3.8, 4) is 5.75 Å². The number of carbonyl (C=O) groups excluding carboxylic acids is 1. The van der Waals surface area contributed by atoms with Gasteiger partial charge in [0.25, 0.3) is 0 Å². The zero-order valence-corrected chi connectivity index (χ0v) is 15.8. The quantitative estimate of drug-likeness (QED) is 0.721. The number of nitrogens with one attached hydrogen (secondary N) is 1.